The molecule has 0 aromatic carbocycles. The molecule has 1 radical (unpaired) electrons. The van der Waals surface area contributed by atoms with Crippen molar-refractivity contribution in [2.75, 3.05) is 6.61 Å². The number of ether oxygens (including phenoxy) is 1. The topological polar surface area (TPSA) is 61.8 Å². The number of carbonyl (C=O) groups excluding carboxylic acids is 1. The SMILES string of the molecule is C#CC(C)OC(=O)O[P+](=O)OCC.[Li]. The van der Waals surface area contributed by atoms with E-state index >= 15 is 0 Å². The Morgan fingerprint density at radius 1 is 1.64 bits per heavy atom. The van der Waals surface area contributed by atoms with E-state index in [-0.39, 0.29) is 25.5 Å². The molecule has 5 nitrogen and oxygen atoms in total. The Labute approximate surface area is 95.6 Å². The third-order valence-electron chi connectivity index (χ3n) is 0.891. The van der Waals surface area contributed by atoms with Crippen LogP contribution in [0.25, 0.3) is 0 Å². The van der Waals surface area contributed by atoms with Crippen molar-refractivity contribution in [3.8, 4) is 12.3 Å². The summed E-state index contributed by atoms with van der Waals surface area (Å²) in [5.74, 6) is 2.14. The first kappa shape index (κ1) is 15.9. The molecule has 2 atom stereocenters. The summed E-state index contributed by atoms with van der Waals surface area (Å²) in [5.41, 5.74) is 0. The van der Waals surface area contributed by atoms with E-state index in [1.807, 2.05) is 0 Å². The molecule has 7 heteroatoms. The Morgan fingerprint density at radius 3 is 2.64 bits per heavy atom. The Balaban J connectivity index is 0. The van der Waals surface area contributed by atoms with Crippen LogP contribution < -0.4 is 0 Å². The van der Waals surface area contributed by atoms with E-state index in [2.05, 4.69) is 19.7 Å². The van der Waals surface area contributed by atoms with Gasteiger partial charge in [-0.15, -0.1) is 15.5 Å². The van der Waals surface area contributed by atoms with Crippen LogP contribution in [0.1, 0.15) is 13.8 Å². The van der Waals surface area contributed by atoms with Crippen molar-refractivity contribution in [2.45, 2.75) is 20.0 Å². The van der Waals surface area contributed by atoms with Gasteiger partial charge in [-0.05, 0) is 13.8 Å². The zero-order valence-electron chi connectivity index (χ0n) is 8.35. The maximum Gasteiger partial charge on any atom is 0.756 e. The van der Waals surface area contributed by atoms with Gasteiger partial charge in [0.2, 0.25) is 0 Å². The molecule has 0 aliphatic rings. The van der Waals surface area contributed by atoms with E-state index in [0.717, 1.165) is 0 Å². The zero-order chi connectivity index (χ0) is 10.3. The average Bonchev–Trinajstić information content (AvgIpc) is 2.04. The van der Waals surface area contributed by atoms with Crippen molar-refractivity contribution in [3.05, 3.63) is 0 Å². The van der Waals surface area contributed by atoms with Gasteiger partial charge in [0.15, 0.2) is 6.10 Å². The molecule has 0 saturated carbocycles. The summed E-state index contributed by atoms with van der Waals surface area (Å²) in [7, 11) is -2.45. The van der Waals surface area contributed by atoms with Crippen LogP contribution in [0.5, 0.6) is 0 Å². The van der Waals surface area contributed by atoms with Gasteiger partial charge < -0.3 is 4.74 Å². The third-order valence-corrected chi connectivity index (χ3v) is 1.66. The fourth-order valence-corrected chi connectivity index (χ4v) is 0.821. The molecule has 0 saturated heterocycles. The van der Waals surface area contributed by atoms with Crippen molar-refractivity contribution in [1.82, 2.24) is 0 Å². The number of hydrogen-bond acceptors (Lipinski definition) is 5. The molecule has 0 aromatic heterocycles. The molecular weight excluding hydrogens is 202 g/mol. The minimum atomic E-state index is -2.45. The quantitative estimate of drug-likeness (QED) is 0.305. The molecule has 0 amide bonds. The van der Waals surface area contributed by atoms with Gasteiger partial charge >= 0.3 is 14.4 Å². The predicted octanol–water partition coefficient (Wildman–Crippen LogP) is 1.47. The number of rotatable bonds is 4. The van der Waals surface area contributed by atoms with Gasteiger partial charge in [-0.2, -0.15) is 4.79 Å². The largest absolute Gasteiger partial charge is 0.756 e. The first-order chi connectivity index (χ1) is 6.10. The Hall–Kier alpha value is -0.513. The Bertz CT molecular complexity index is 237. The monoisotopic (exact) mass is 212 g/mol. The molecule has 0 bridgehead atoms. The summed E-state index contributed by atoms with van der Waals surface area (Å²) < 4.78 is 23.8. The van der Waals surface area contributed by atoms with E-state index in [0.29, 0.717) is 0 Å². The van der Waals surface area contributed by atoms with Crippen LogP contribution in [-0.4, -0.2) is 37.7 Å². The van der Waals surface area contributed by atoms with Crippen LogP contribution in [0.2, 0.25) is 0 Å². The molecular formula is C7H10LiO5P+. The van der Waals surface area contributed by atoms with Crippen LogP contribution >= 0.6 is 8.25 Å². The van der Waals surface area contributed by atoms with Crippen molar-refractivity contribution in [2.24, 2.45) is 0 Å². The summed E-state index contributed by atoms with van der Waals surface area (Å²) in [5, 5.41) is 0. The Morgan fingerprint density at radius 2 is 2.21 bits per heavy atom. The second-order valence-corrected chi connectivity index (χ2v) is 2.80. The molecule has 0 rings (SSSR count). The van der Waals surface area contributed by atoms with Crippen molar-refractivity contribution in [3.63, 3.8) is 0 Å². The van der Waals surface area contributed by atoms with Gasteiger partial charge in [0.25, 0.3) is 0 Å². The molecule has 73 valence electrons. The first-order valence-corrected chi connectivity index (χ1v) is 4.64. The van der Waals surface area contributed by atoms with Gasteiger partial charge in [-0.1, -0.05) is 5.92 Å². The average molecular weight is 212 g/mol. The van der Waals surface area contributed by atoms with E-state index in [1.54, 1.807) is 6.92 Å². The smallest absolute Gasteiger partial charge is 0.415 e. The zero-order valence-corrected chi connectivity index (χ0v) is 9.24. The molecule has 0 aromatic rings. The van der Waals surface area contributed by atoms with Crippen molar-refractivity contribution in [1.29, 1.82) is 0 Å². The summed E-state index contributed by atoms with van der Waals surface area (Å²) in [6.45, 7) is 3.29. The van der Waals surface area contributed by atoms with Gasteiger partial charge in [0.1, 0.15) is 6.61 Å². The van der Waals surface area contributed by atoms with E-state index in [9.17, 15) is 9.36 Å². The van der Waals surface area contributed by atoms with Gasteiger partial charge in [-0.3, -0.25) is 0 Å². The van der Waals surface area contributed by atoms with Crippen LogP contribution in [0.4, 0.5) is 4.79 Å². The predicted molar refractivity (Wildman–Crippen MR) is 50.8 cm³/mol. The fourth-order valence-electron chi connectivity index (χ4n) is 0.392. The van der Waals surface area contributed by atoms with Crippen LogP contribution in [0.15, 0.2) is 0 Å². The van der Waals surface area contributed by atoms with Gasteiger partial charge in [0, 0.05) is 23.4 Å². The van der Waals surface area contributed by atoms with Gasteiger partial charge in [-0.25, -0.2) is 0 Å². The summed E-state index contributed by atoms with van der Waals surface area (Å²) >= 11 is 0. The molecule has 0 N–H and O–H groups in total. The maximum atomic E-state index is 10.7. The van der Waals surface area contributed by atoms with E-state index in [1.165, 1.54) is 6.92 Å². The summed E-state index contributed by atoms with van der Waals surface area (Å²) in [4.78, 5) is 10.7. The third kappa shape index (κ3) is 8.10. The Kier molecular flexibility index (Phi) is 10.3. The minimum Gasteiger partial charge on any atom is -0.415 e. The number of hydrogen-bond donors (Lipinski definition) is 0. The van der Waals surface area contributed by atoms with E-state index in [4.69, 9.17) is 6.42 Å². The molecule has 0 spiro atoms. The van der Waals surface area contributed by atoms with Crippen molar-refractivity contribution < 1.29 is 23.1 Å². The molecule has 2 unspecified atom stereocenters. The second-order valence-electron chi connectivity index (χ2n) is 1.91. The van der Waals surface area contributed by atoms with Crippen LogP contribution in [0, 0.1) is 12.3 Å². The molecule has 0 aliphatic carbocycles. The summed E-state index contributed by atoms with van der Waals surface area (Å²) in [6.07, 6.45) is 3.12. The van der Waals surface area contributed by atoms with Crippen LogP contribution in [-0.2, 0) is 18.3 Å². The van der Waals surface area contributed by atoms with Crippen LogP contribution in [0.3, 0.4) is 0 Å². The molecule has 14 heavy (non-hydrogen) atoms. The molecule has 0 aliphatic heterocycles. The fraction of sp³-hybridized carbons (Fsp3) is 0.571. The minimum absolute atomic E-state index is 0. The maximum absolute atomic E-state index is 10.7. The number of carbonyl (C=O) groups is 1. The summed E-state index contributed by atoms with van der Waals surface area (Å²) in [6, 6.07) is 0. The normalized spacial score (nSPS) is 11.6. The van der Waals surface area contributed by atoms with Gasteiger partial charge in [0.05, 0.1) is 0 Å². The number of terminal acetylenes is 1. The first-order valence-electron chi connectivity index (χ1n) is 3.55. The standard InChI is InChI=1S/C7H10O5P.Li/c1-4-6(3)11-7(8)12-13(9)10-5-2;/h1,6H,5H2,2-3H3;/q+1;. The molecule has 0 fully saturated rings. The second kappa shape index (κ2) is 9.06. The molecule has 0 heterocycles. The van der Waals surface area contributed by atoms with Crippen molar-refractivity contribution >= 4 is 33.3 Å². The van der Waals surface area contributed by atoms with E-state index < -0.39 is 20.5 Å².